The third-order valence-corrected chi connectivity index (χ3v) is 4.90. The normalized spacial score (nSPS) is 12.3. The number of hydrogen-bond acceptors (Lipinski definition) is 4. The number of hydrogen-bond donors (Lipinski definition) is 3. The van der Waals surface area contributed by atoms with Gasteiger partial charge in [-0.05, 0) is 24.1 Å². The van der Waals surface area contributed by atoms with Gasteiger partial charge in [-0.3, -0.25) is 10.0 Å². The first-order chi connectivity index (χ1) is 12.5. The molecular formula is C18H18Cl2N4O2. The van der Waals surface area contributed by atoms with Crippen molar-refractivity contribution >= 4 is 40.1 Å². The minimum atomic E-state index is -0.822. The number of imidazole rings is 1. The Hall–Kier alpha value is -2.12. The topological polar surface area (TPSA) is 93.2 Å². The van der Waals surface area contributed by atoms with Crippen molar-refractivity contribution in [1.29, 1.82) is 0 Å². The summed E-state index contributed by atoms with van der Waals surface area (Å²) in [6, 6.07) is 12.6. The van der Waals surface area contributed by atoms with Crippen LogP contribution in [0, 0.1) is 0 Å². The molecule has 3 rings (SSSR count). The van der Waals surface area contributed by atoms with Crippen LogP contribution >= 0.6 is 23.2 Å². The minimum absolute atomic E-state index is 0.339. The van der Waals surface area contributed by atoms with E-state index in [9.17, 15) is 4.79 Å². The molecule has 0 aliphatic rings. The van der Waals surface area contributed by atoms with Gasteiger partial charge in [0.25, 0.3) is 5.91 Å². The molecule has 0 fully saturated rings. The number of hydroxylamine groups is 1. The van der Waals surface area contributed by atoms with Crippen LogP contribution in [0.15, 0.2) is 42.5 Å². The number of nitrogens with two attached hydrogens (primary N) is 1. The Kier molecular flexibility index (Phi) is 5.78. The highest BCUT2D eigenvalue weighted by Gasteiger charge is 2.17. The van der Waals surface area contributed by atoms with Gasteiger partial charge >= 0.3 is 0 Å². The third-order valence-electron chi connectivity index (χ3n) is 4.18. The molecule has 0 bridgehead atoms. The predicted molar refractivity (Wildman–Crippen MR) is 102 cm³/mol. The number of fused-ring (bicyclic) bond motifs is 1. The summed E-state index contributed by atoms with van der Waals surface area (Å²) in [4.78, 5) is 16.1. The first kappa shape index (κ1) is 18.7. The standard InChI is InChI=1S/C18H18Cl2N4O2/c19-12-8-15-16(9-13(12)20)24(10-11-4-2-1-3-5-11)17(22-15)7-6-14(21)18(25)23-26/h1-5,8-9,14,26H,6-7,10,21H2,(H,23,25)/t14-/m0/s1. The van der Waals surface area contributed by atoms with Crippen molar-refractivity contribution < 1.29 is 10.0 Å². The summed E-state index contributed by atoms with van der Waals surface area (Å²) >= 11 is 12.3. The van der Waals surface area contributed by atoms with Crippen LogP contribution in [0.2, 0.25) is 10.0 Å². The molecule has 2 aromatic carbocycles. The van der Waals surface area contributed by atoms with E-state index in [1.165, 1.54) is 0 Å². The first-order valence-corrected chi connectivity index (χ1v) is 8.83. The quantitative estimate of drug-likeness (QED) is 0.443. The van der Waals surface area contributed by atoms with Gasteiger partial charge in [0, 0.05) is 13.0 Å². The molecule has 0 aliphatic heterocycles. The number of rotatable bonds is 6. The Morgan fingerprint density at radius 1 is 1.23 bits per heavy atom. The van der Waals surface area contributed by atoms with E-state index < -0.39 is 11.9 Å². The molecule has 0 spiro atoms. The van der Waals surface area contributed by atoms with Crippen molar-refractivity contribution in [3.8, 4) is 0 Å². The summed E-state index contributed by atoms with van der Waals surface area (Å²) in [5, 5.41) is 9.59. The van der Waals surface area contributed by atoms with Crippen LogP contribution < -0.4 is 11.2 Å². The number of nitrogens with one attached hydrogen (secondary N) is 1. The zero-order chi connectivity index (χ0) is 18.7. The zero-order valence-electron chi connectivity index (χ0n) is 13.8. The second-order valence-corrected chi connectivity index (χ2v) is 6.79. The molecule has 3 aromatic rings. The Morgan fingerprint density at radius 2 is 1.92 bits per heavy atom. The van der Waals surface area contributed by atoms with Gasteiger partial charge in [-0.25, -0.2) is 10.5 Å². The molecule has 26 heavy (non-hydrogen) atoms. The molecule has 1 heterocycles. The fourth-order valence-electron chi connectivity index (χ4n) is 2.80. The van der Waals surface area contributed by atoms with Crippen LogP contribution in [0.5, 0.6) is 0 Å². The highest BCUT2D eigenvalue weighted by atomic mass is 35.5. The minimum Gasteiger partial charge on any atom is -0.323 e. The molecule has 136 valence electrons. The van der Waals surface area contributed by atoms with Crippen LogP contribution in [-0.4, -0.2) is 26.7 Å². The second kappa shape index (κ2) is 8.05. The van der Waals surface area contributed by atoms with Gasteiger partial charge in [-0.15, -0.1) is 0 Å². The van der Waals surface area contributed by atoms with Crippen molar-refractivity contribution in [3.05, 3.63) is 63.9 Å². The molecular weight excluding hydrogens is 375 g/mol. The summed E-state index contributed by atoms with van der Waals surface area (Å²) in [5.74, 6) is 0.144. The van der Waals surface area contributed by atoms with Crippen LogP contribution in [0.3, 0.4) is 0 Å². The number of carbonyl (C=O) groups excluding carboxylic acids is 1. The highest BCUT2D eigenvalue weighted by molar-refractivity contribution is 6.42. The molecule has 0 unspecified atom stereocenters. The fourth-order valence-corrected chi connectivity index (χ4v) is 3.12. The Balaban J connectivity index is 1.97. The van der Waals surface area contributed by atoms with E-state index in [1.54, 1.807) is 17.6 Å². The first-order valence-electron chi connectivity index (χ1n) is 8.07. The zero-order valence-corrected chi connectivity index (χ0v) is 15.3. The largest absolute Gasteiger partial charge is 0.323 e. The molecule has 1 amide bonds. The van der Waals surface area contributed by atoms with Crippen molar-refractivity contribution in [3.63, 3.8) is 0 Å². The highest BCUT2D eigenvalue weighted by Crippen LogP contribution is 2.29. The molecule has 0 saturated carbocycles. The maximum absolute atomic E-state index is 11.4. The van der Waals surface area contributed by atoms with Crippen LogP contribution in [0.4, 0.5) is 0 Å². The van der Waals surface area contributed by atoms with Gasteiger partial charge in [0.15, 0.2) is 0 Å². The lowest BCUT2D eigenvalue weighted by Gasteiger charge is -2.12. The van der Waals surface area contributed by atoms with E-state index in [-0.39, 0.29) is 0 Å². The average molecular weight is 393 g/mol. The van der Waals surface area contributed by atoms with E-state index in [0.717, 1.165) is 22.4 Å². The van der Waals surface area contributed by atoms with Crippen molar-refractivity contribution in [2.75, 3.05) is 0 Å². The number of aromatic nitrogens is 2. The molecule has 6 nitrogen and oxygen atoms in total. The van der Waals surface area contributed by atoms with Crippen molar-refractivity contribution in [2.45, 2.75) is 25.4 Å². The van der Waals surface area contributed by atoms with Gasteiger partial charge in [0.1, 0.15) is 5.82 Å². The smallest absolute Gasteiger partial charge is 0.260 e. The summed E-state index contributed by atoms with van der Waals surface area (Å²) in [7, 11) is 0. The van der Waals surface area contributed by atoms with Crippen molar-refractivity contribution in [1.82, 2.24) is 15.0 Å². The number of amides is 1. The molecule has 0 radical (unpaired) electrons. The lowest BCUT2D eigenvalue weighted by atomic mass is 10.1. The Bertz CT molecular complexity index is 928. The van der Waals surface area contributed by atoms with Gasteiger partial charge in [-0.1, -0.05) is 53.5 Å². The Labute approximate surface area is 160 Å². The summed E-state index contributed by atoms with van der Waals surface area (Å²) in [5.41, 5.74) is 10.0. The average Bonchev–Trinajstić information content (AvgIpc) is 2.96. The molecule has 1 aromatic heterocycles. The molecule has 0 saturated heterocycles. The lowest BCUT2D eigenvalue weighted by Crippen LogP contribution is -2.39. The molecule has 8 heteroatoms. The third kappa shape index (κ3) is 3.99. The number of halogens is 2. The Morgan fingerprint density at radius 3 is 2.62 bits per heavy atom. The SMILES string of the molecule is N[C@@H](CCc1nc2cc(Cl)c(Cl)cc2n1Cc1ccccc1)C(=O)NO. The van der Waals surface area contributed by atoms with E-state index >= 15 is 0 Å². The van der Waals surface area contributed by atoms with Gasteiger partial charge in [0.05, 0.1) is 27.1 Å². The van der Waals surface area contributed by atoms with Crippen LogP contribution in [-0.2, 0) is 17.8 Å². The summed E-state index contributed by atoms with van der Waals surface area (Å²) in [6.45, 7) is 0.603. The monoisotopic (exact) mass is 392 g/mol. The maximum atomic E-state index is 11.4. The number of benzene rings is 2. The summed E-state index contributed by atoms with van der Waals surface area (Å²) < 4.78 is 2.04. The molecule has 4 N–H and O–H groups in total. The molecule has 1 atom stereocenters. The number of aryl methyl sites for hydroxylation is 1. The lowest BCUT2D eigenvalue weighted by molar-refractivity contribution is -0.130. The predicted octanol–water partition coefficient (Wildman–Crippen LogP) is 3.16. The maximum Gasteiger partial charge on any atom is 0.260 e. The van der Waals surface area contributed by atoms with E-state index in [2.05, 4.69) is 4.98 Å². The number of carbonyl (C=O) groups is 1. The van der Waals surface area contributed by atoms with Crippen LogP contribution in [0.1, 0.15) is 17.8 Å². The van der Waals surface area contributed by atoms with Gasteiger partial charge < -0.3 is 10.3 Å². The van der Waals surface area contributed by atoms with E-state index in [1.807, 2.05) is 34.9 Å². The second-order valence-electron chi connectivity index (χ2n) is 5.98. The van der Waals surface area contributed by atoms with Gasteiger partial charge in [-0.2, -0.15) is 0 Å². The fraction of sp³-hybridized carbons (Fsp3) is 0.222. The van der Waals surface area contributed by atoms with E-state index in [4.69, 9.17) is 34.1 Å². The van der Waals surface area contributed by atoms with Gasteiger partial charge in [0.2, 0.25) is 0 Å². The summed E-state index contributed by atoms with van der Waals surface area (Å²) in [6.07, 6.45) is 0.803. The van der Waals surface area contributed by atoms with E-state index in [0.29, 0.717) is 29.4 Å². The molecule has 0 aliphatic carbocycles. The number of nitrogens with zero attached hydrogens (tertiary/aromatic N) is 2. The van der Waals surface area contributed by atoms with Crippen molar-refractivity contribution in [2.24, 2.45) is 5.73 Å². The van der Waals surface area contributed by atoms with Crippen LogP contribution in [0.25, 0.3) is 11.0 Å².